The van der Waals surface area contributed by atoms with Crippen LogP contribution in [-0.4, -0.2) is 18.1 Å². The first-order chi connectivity index (χ1) is 5.04. The Labute approximate surface area is 67.2 Å². The van der Waals surface area contributed by atoms with E-state index in [0.29, 0.717) is 13.0 Å². The summed E-state index contributed by atoms with van der Waals surface area (Å²) in [4.78, 5) is 11.1. The van der Waals surface area contributed by atoms with E-state index in [1.165, 1.54) is 0 Å². The molecule has 0 saturated carbocycles. The average molecular weight is 157 g/mol. The standard InChI is InChI=1S/C8H15NO2/c1-4-6-8(3,9)7(10)11-5-2/h4H,1,5-6,9H2,2-3H3/t8-/m0/s1. The second-order valence-corrected chi connectivity index (χ2v) is 2.63. The fraction of sp³-hybridized carbons (Fsp3) is 0.625. The Morgan fingerprint density at radius 1 is 1.82 bits per heavy atom. The molecular weight excluding hydrogens is 142 g/mol. The maximum Gasteiger partial charge on any atom is 0.326 e. The largest absolute Gasteiger partial charge is 0.465 e. The monoisotopic (exact) mass is 157 g/mol. The number of nitrogens with two attached hydrogens (primary N) is 1. The van der Waals surface area contributed by atoms with Gasteiger partial charge in [-0.2, -0.15) is 0 Å². The minimum atomic E-state index is -0.919. The summed E-state index contributed by atoms with van der Waals surface area (Å²) in [6.45, 7) is 7.25. The van der Waals surface area contributed by atoms with Crippen LogP contribution >= 0.6 is 0 Å². The number of carbonyl (C=O) groups excluding carboxylic acids is 1. The first-order valence-electron chi connectivity index (χ1n) is 3.61. The molecule has 0 bridgehead atoms. The van der Waals surface area contributed by atoms with Gasteiger partial charge in [-0.25, -0.2) is 0 Å². The molecule has 11 heavy (non-hydrogen) atoms. The average Bonchev–Trinajstić information content (AvgIpc) is 1.88. The van der Waals surface area contributed by atoms with Crippen LogP contribution in [0.1, 0.15) is 20.3 Å². The smallest absolute Gasteiger partial charge is 0.326 e. The first kappa shape index (κ1) is 10.2. The highest BCUT2D eigenvalue weighted by molar-refractivity contribution is 5.80. The topological polar surface area (TPSA) is 52.3 Å². The Morgan fingerprint density at radius 2 is 2.36 bits per heavy atom. The van der Waals surface area contributed by atoms with Crippen molar-refractivity contribution in [3.05, 3.63) is 12.7 Å². The summed E-state index contributed by atoms with van der Waals surface area (Å²) < 4.78 is 4.75. The third-order valence-corrected chi connectivity index (χ3v) is 1.31. The summed E-state index contributed by atoms with van der Waals surface area (Å²) in [5, 5.41) is 0. The highest BCUT2D eigenvalue weighted by atomic mass is 16.5. The van der Waals surface area contributed by atoms with Gasteiger partial charge in [0.15, 0.2) is 0 Å². The Kier molecular flexibility index (Phi) is 3.82. The van der Waals surface area contributed by atoms with Gasteiger partial charge < -0.3 is 10.5 Å². The van der Waals surface area contributed by atoms with E-state index in [4.69, 9.17) is 10.5 Å². The molecule has 0 aromatic heterocycles. The summed E-state index contributed by atoms with van der Waals surface area (Å²) in [7, 11) is 0. The highest BCUT2D eigenvalue weighted by Crippen LogP contribution is 2.07. The van der Waals surface area contributed by atoms with Crippen LogP contribution in [-0.2, 0) is 9.53 Å². The number of hydrogen-bond acceptors (Lipinski definition) is 3. The van der Waals surface area contributed by atoms with Gasteiger partial charge in [0.1, 0.15) is 5.54 Å². The molecule has 0 aliphatic heterocycles. The zero-order valence-electron chi connectivity index (χ0n) is 7.09. The molecule has 0 saturated heterocycles. The van der Waals surface area contributed by atoms with Crippen LogP contribution in [0.25, 0.3) is 0 Å². The molecule has 0 spiro atoms. The Balaban J connectivity index is 4.05. The van der Waals surface area contributed by atoms with Crippen molar-refractivity contribution in [1.82, 2.24) is 0 Å². The van der Waals surface area contributed by atoms with Crippen molar-refractivity contribution in [3.8, 4) is 0 Å². The van der Waals surface area contributed by atoms with E-state index >= 15 is 0 Å². The molecule has 0 amide bonds. The van der Waals surface area contributed by atoms with Crippen LogP contribution in [0, 0.1) is 0 Å². The lowest BCUT2D eigenvalue weighted by Gasteiger charge is -2.19. The fourth-order valence-corrected chi connectivity index (χ4v) is 0.679. The summed E-state index contributed by atoms with van der Waals surface area (Å²) in [6.07, 6.45) is 2.04. The van der Waals surface area contributed by atoms with Crippen LogP contribution in [0.15, 0.2) is 12.7 Å². The molecule has 0 aliphatic carbocycles. The Morgan fingerprint density at radius 3 is 2.73 bits per heavy atom. The second-order valence-electron chi connectivity index (χ2n) is 2.63. The SMILES string of the molecule is C=CC[C@](C)(N)C(=O)OCC. The number of carbonyl (C=O) groups is 1. The molecule has 0 aromatic carbocycles. The summed E-state index contributed by atoms with van der Waals surface area (Å²) in [6, 6.07) is 0. The first-order valence-corrected chi connectivity index (χ1v) is 3.61. The number of hydrogen-bond donors (Lipinski definition) is 1. The molecule has 3 heteroatoms. The molecule has 0 radical (unpaired) electrons. The molecule has 64 valence electrons. The van der Waals surface area contributed by atoms with Crippen LogP contribution in [0.4, 0.5) is 0 Å². The quantitative estimate of drug-likeness (QED) is 0.486. The van der Waals surface area contributed by atoms with Crippen LogP contribution in [0.5, 0.6) is 0 Å². The van der Waals surface area contributed by atoms with E-state index in [-0.39, 0.29) is 5.97 Å². The fourth-order valence-electron chi connectivity index (χ4n) is 0.679. The van der Waals surface area contributed by atoms with Gasteiger partial charge in [-0.1, -0.05) is 6.08 Å². The lowest BCUT2D eigenvalue weighted by atomic mass is 10.00. The van der Waals surface area contributed by atoms with Crippen molar-refractivity contribution in [2.24, 2.45) is 5.73 Å². The van der Waals surface area contributed by atoms with E-state index in [1.54, 1.807) is 19.9 Å². The van der Waals surface area contributed by atoms with E-state index in [9.17, 15) is 4.79 Å². The van der Waals surface area contributed by atoms with Crippen molar-refractivity contribution in [2.75, 3.05) is 6.61 Å². The van der Waals surface area contributed by atoms with E-state index in [0.717, 1.165) is 0 Å². The minimum Gasteiger partial charge on any atom is -0.465 e. The molecular formula is C8H15NO2. The number of rotatable bonds is 4. The Hall–Kier alpha value is -0.830. The van der Waals surface area contributed by atoms with Gasteiger partial charge in [0, 0.05) is 0 Å². The third-order valence-electron chi connectivity index (χ3n) is 1.31. The molecule has 2 N–H and O–H groups in total. The molecule has 0 unspecified atom stereocenters. The van der Waals surface area contributed by atoms with Crippen LogP contribution < -0.4 is 5.73 Å². The van der Waals surface area contributed by atoms with Crippen molar-refractivity contribution >= 4 is 5.97 Å². The summed E-state index contributed by atoms with van der Waals surface area (Å²) in [5.41, 5.74) is 4.69. The van der Waals surface area contributed by atoms with Gasteiger partial charge in [-0.3, -0.25) is 4.79 Å². The molecule has 3 nitrogen and oxygen atoms in total. The normalized spacial score (nSPS) is 15.2. The maximum absolute atomic E-state index is 11.1. The van der Waals surface area contributed by atoms with Gasteiger partial charge in [0.05, 0.1) is 6.61 Å². The molecule has 0 fully saturated rings. The van der Waals surface area contributed by atoms with Gasteiger partial charge >= 0.3 is 5.97 Å². The summed E-state index contributed by atoms with van der Waals surface area (Å²) in [5.74, 6) is -0.375. The molecule has 0 rings (SSSR count). The van der Waals surface area contributed by atoms with Gasteiger partial charge in [0.25, 0.3) is 0 Å². The summed E-state index contributed by atoms with van der Waals surface area (Å²) >= 11 is 0. The van der Waals surface area contributed by atoms with Crippen LogP contribution in [0.3, 0.4) is 0 Å². The van der Waals surface area contributed by atoms with Gasteiger partial charge in [0.2, 0.25) is 0 Å². The molecule has 0 heterocycles. The molecule has 1 atom stereocenters. The van der Waals surface area contributed by atoms with Crippen molar-refractivity contribution < 1.29 is 9.53 Å². The van der Waals surface area contributed by atoms with Crippen LogP contribution in [0.2, 0.25) is 0 Å². The highest BCUT2D eigenvalue weighted by Gasteiger charge is 2.27. The van der Waals surface area contributed by atoms with E-state index in [1.807, 2.05) is 0 Å². The predicted molar refractivity (Wildman–Crippen MR) is 44.0 cm³/mol. The van der Waals surface area contributed by atoms with Gasteiger partial charge in [-0.15, -0.1) is 6.58 Å². The van der Waals surface area contributed by atoms with E-state index in [2.05, 4.69) is 6.58 Å². The minimum absolute atomic E-state index is 0.364. The maximum atomic E-state index is 11.1. The third kappa shape index (κ3) is 3.18. The number of ether oxygens (including phenoxy) is 1. The molecule has 0 aromatic rings. The van der Waals surface area contributed by atoms with Crippen molar-refractivity contribution in [3.63, 3.8) is 0 Å². The van der Waals surface area contributed by atoms with Gasteiger partial charge in [-0.05, 0) is 20.3 Å². The zero-order chi connectivity index (χ0) is 8.91. The predicted octanol–water partition coefficient (Wildman–Crippen LogP) is 0.843. The lowest BCUT2D eigenvalue weighted by molar-refractivity contribution is -0.148. The second kappa shape index (κ2) is 4.13. The molecule has 0 aliphatic rings. The van der Waals surface area contributed by atoms with Crippen molar-refractivity contribution in [1.29, 1.82) is 0 Å². The van der Waals surface area contributed by atoms with Crippen molar-refractivity contribution in [2.45, 2.75) is 25.8 Å². The zero-order valence-corrected chi connectivity index (χ0v) is 7.09. The Bertz CT molecular complexity index is 152. The lowest BCUT2D eigenvalue weighted by Crippen LogP contribution is -2.45. The number of esters is 1. The van der Waals surface area contributed by atoms with E-state index < -0.39 is 5.54 Å².